The Hall–Kier alpha value is -2.69. The van der Waals surface area contributed by atoms with Crippen molar-refractivity contribution in [3.63, 3.8) is 0 Å². The van der Waals surface area contributed by atoms with Crippen LogP contribution in [0.1, 0.15) is 6.92 Å². The average Bonchev–Trinajstić information content (AvgIpc) is 3.02. The summed E-state index contributed by atoms with van der Waals surface area (Å²) in [5.74, 6) is 0.414. The van der Waals surface area contributed by atoms with Gasteiger partial charge in [-0.15, -0.1) is 10.2 Å². The number of anilines is 1. The fraction of sp³-hybridized carbons (Fsp3) is 0.167. The van der Waals surface area contributed by atoms with Crippen LogP contribution >= 0.6 is 11.8 Å². The van der Waals surface area contributed by atoms with Crippen molar-refractivity contribution >= 4 is 33.4 Å². The second kappa shape index (κ2) is 8.13. The molecule has 0 fully saturated rings. The van der Waals surface area contributed by atoms with E-state index in [1.54, 1.807) is 13.0 Å². The van der Waals surface area contributed by atoms with E-state index in [9.17, 15) is 13.2 Å². The van der Waals surface area contributed by atoms with Gasteiger partial charge in [0.15, 0.2) is 11.0 Å². The smallest absolute Gasteiger partial charge is 0.238 e. The molecule has 28 heavy (non-hydrogen) atoms. The van der Waals surface area contributed by atoms with Gasteiger partial charge in [-0.25, -0.2) is 13.6 Å². The van der Waals surface area contributed by atoms with E-state index in [1.165, 1.54) is 30.0 Å². The highest BCUT2D eigenvalue weighted by Gasteiger charge is 2.20. The predicted molar refractivity (Wildman–Crippen MR) is 108 cm³/mol. The van der Waals surface area contributed by atoms with Gasteiger partial charge in [0.25, 0.3) is 0 Å². The lowest BCUT2D eigenvalue weighted by atomic mass is 10.2. The van der Waals surface area contributed by atoms with E-state index in [1.807, 2.05) is 41.9 Å². The van der Waals surface area contributed by atoms with E-state index < -0.39 is 15.3 Å². The largest absolute Gasteiger partial charge is 0.325 e. The van der Waals surface area contributed by atoms with Gasteiger partial charge >= 0.3 is 0 Å². The van der Waals surface area contributed by atoms with Gasteiger partial charge in [0.1, 0.15) is 0 Å². The zero-order valence-electron chi connectivity index (χ0n) is 15.2. The molecular formula is C18H19N5O3S2. The zero-order chi connectivity index (χ0) is 20.3. The summed E-state index contributed by atoms with van der Waals surface area (Å²) in [6.07, 6.45) is 0. The Morgan fingerprint density at radius 3 is 2.54 bits per heavy atom. The summed E-state index contributed by atoms with van der Waals surface area (Å²) in [5, 5.41) is 16.3. The number of carbonyl (C=O) groups excluding carboxylic acids is 1. The van der Waals surface area contributed by atoms with Crippen molar-refractivity contribution in [2.45, 2.75) is 22.2 Å². The van der Waals surface area contributed by atoms with Gasteiger partial charge in [0, 0.05) is 18.3 Å². The lowest BCUT2D eigenvalue weighted by Gasteiger charge is -2.12. The summed E-state index contributed by atoms with van der Waals surface area (Å²) in [6, 6.07) is 15.4. The number of thioether (sulfide) groups is 1. The van der Waals surface area contributed by atoms with Crippen LogP contribution in [0, 0.1) is 0 Å². The molecule has 0 spiro atoms. The first-order valence-corrected chi connectivity index (χ1v) is 10.7. The van der Waals surface area contributed by atoms with Crippen molar-refractivity contribution < 1.29 is 13.2 Å². The maximum absolute atomic E-state index is 12.5. The minimum absolute atomic E-state index is 0.0635. The first kappa shape index (κ1) is 20.1. The Morgan fingerprint density at radius 1 is 1.14 bits per heavy atom. The Bertz CT molecular complexity index is 1100. The molecule has 3 rings (SSSR count). The predicted octanol–water partition coefficient (Wildman–Crippen LogP) is 2.25. The van der Waals surface area contributed by atoms with Crippen molar-refractivity contribution in [3.8, 4) is 11.4 Å². The van der Waals surface area contributed by atoms with E-state index >= 15 is 0 Å². The highest BCUT2D eigenvalue weighted by Crippen LogP contribution is 2.26. The topological polar surface area (TPSA) is 120 Å². The molecule has 0 saturated carbocycles. The number of carbonyl (C=O) groups is 1. The molecule has 1 atom stereocenters. The van der Waals surface area contributed by atoms with Crippen LogP contribution in [-0.4, -0.2) is 34.3 Å². The quantitative estimate of drug-likeness (QED) is 0.594. The molecule has 1 aromatic heterocycles. The maximum atomic E-state index is 12.5. The molecule has 3 N–H and O–H groups in total. The summed E-state index contributed by atoms with van der Waals surface area (Å²) in [7, 11) is -2.00. The second-order valence-electron chi connectivity index (χ2n) is 6.05. The molecular weight excluding hydrogens is 398 g/mol. The van der Waals surface area contributed by atoms with Crippen LogP contribution in [0.4, 0.5) is 5.69 Å². The van der Waals surface area contributed by atoms with Crippen molar-refractivity contribution in [1.29, 1.82) is 0 Å². The summed E-state index contributed by atoms with van der Waals surface area (Å²) in [6.45, 7) is 1.74. The van der Waals surface area contributed by atoms with E-state index in [2.05, 4.69) is 15.5 Å². The van der Waals surface area contributed by atoms with Crippen molar-refractivity contribution in [2.24, 2.45) is 12.2 Å². The average molecular weight is 418 g/mol. The molecule has 0 aliphatic rings. The molecule has 0 bridgehead atoms. The van der Waals surface area contributed by atoms with Gasteiger partial charge in [0.05, 0.1) is 10.1 Å². The Labute approximate surface area is 167 Å². The Balaban J connectivity index is 1.71. The van der Waals surface area contributed by atoms with Gasteiger partial charge in [-0.2, -0.15) is 0 Å². The van der Waals surface area contributed by atoms with Gasteiger partial charge in [0.2, 0.25) is 15.9 Å². The van der Waals surface area contributed by atoms with Crippen LogP contribution in [0.25, 0.3) is 11.4 Å². The summed E-state index contributed by atoms with van der Waals surface area (Å²) in [4.78, 5) is 12.4. The molecule has 0 saturated heterocycles. The number of nitrogens with one attached hydrogen (secondary N) is 1. The van der Waals surface area contributed by atoms with E-state index in [4.69, 9.17) is 5.14 Å². The number of rotatable bonds is 6. The fourth-order valence-electron chi connectivity index (χ4n) is 2.46. The van der Waals surface area contributed by atoms with Crippen LogP contribution in [0.2, 0.25) is 0 Å². The Morgan fingerprint density at radius 2 is 1.86 bits per heavy atom. The monoisotopic (exact) mass is 417 g/mol. The number of benzene rings is 2. The van der Waals surface area contributed by atoms with Crippen molar-refractivity contribution in [1.82, 2.24) is 14.8 Å². The SMILES string of the molecule is C[C@@H](Sc1nnc(-c2ccccc2)n1C)C(=O)Nc1cccc(S(N)(=O)=O)c1. The minimum atomic E-state index is -3.84. The standard InChI is InChI=1S/C18H19N5O3S2/c1-12(17(24)20-14-9-6-10-15(11-14)28(19,25)26)27-18-22-21-16(23(18)2)13-7-4-3-5-8-13/h3-12H,1-2H3,(H,20,24)(H2,19,25,26)/t12-/m1/s1. The van der Waals surface area contributed by atoms with E-state index in [0.717, 1.165) is 5.56 Å². The molecule has 0 unspecified atom stereocenters. The lowest BCUT2D eigenvalue weighted by molar-refractivity contribution is -0.115. The molecule has 1 amide bonds. The van der Waals surface area contributed by atoms with Crippen molar-refractivity contribution in [3.05, 3.63) is 54.6 Å². The first-order chi connectivity index (χ1) is 13.3. The number of sulfonamides is 1. The van der Waals surface area contributed by atoms with Crippen molar-refractivity contribution in [2.75, 3.05) is 5.32 Å². The number of primary sulfonamides is 1. The van der Waals surface area contributed by atoms with Gasteiger partial charge in [-0.05, 0) is 25.1 Å². The fourth-order valence-corrected chi connectivity index (χ4v) is 3.84. The molecule has 2 aromatic carbocycles. The molecule has 3 aromatic rings. The van der Waals surface area contributed by atoms with Gasteiger partial charge in [-0.1, -0.05) is 48.2 Å². The summed E-state index contributed by atoms with van der Waals surface area (Å²) >= 11 is 1.26. The third-order valence-electron chi connectivity index (χ3n) is 3.95. The minimum Gasteiger partial charge on any atom is -0.325 e. The Kier molecular flexibility index (Phi) is 5.82. The number of amides is 1. The third kappa shape index (κ3) is 4.58. The summed E-state index contributed by atoms with van der Waals surface area (Å²) in [5.41, 5.74) is 1.29. The molecule has 146 valence electrons. The van der Waals surface area contributed by atoms with E-state index in [-0.39, 0.29) is 10.8 Å². The lowest BCUT2D eigenvalue weighted by Crippen LogP contribution is -2.23. The highest BCUT2D eigenvalue weighted by molar-refractivity contribution is 8.00. The number of nitrogens with zero attached hydrogens (tertiary/aromatic N) is 3. The third-order valence-corrected chi connectivity index (χ3v) is 5.99. The van der Waals surface area contributed by atoms with Crippen LogP contribution in [0.5, 0.6) is 0 Å². The maximum Gasteiger partial charge on any atom is 0.238 e. The number of hydrogen-bond acceptors (Lipinski definition) is 6. The number of hydrogen-bond donors (Lipinski definition) is 2. The van der Waals surface area contributed by atoms with Gasteiger partial charge in [-0.3, -0.25) is 4.79 Å². The first-order valence-electron chi connectivity index (χ1n) is 8.31. The highest BCUT2D eigenvalue weighted by atomic mass is 32.2. The number of nitrogens with two attached hydrogens (primary N) is 1. The molecule has 8 nitrogen and oxygen atoms in total. The van der Waals surface area contributed by atoms with E-state index in [0.29, 0.717) is 16.7 Å². The van der Waals surface area contributed by atoms with Crippen LogP contribution in [0.15, 0.2) is 64.6 Å². The normalized spacial score (nSPS) is 12.5. The van der Waals surface area contributed by atoms with Gasteiger partial charge < -0.3 is 9.88 Å². The molecule has 0 aliphatic heterocycles. The van der Waals surface area contributed by atoms with Crippen LogP contribution < -0.4 is 10.5 Å². The second-order valence-corrected chi connectivity index (χ2v) is 8.92. The zero-order valence-corrected chi connectivity index (χ0v) is 16.9. The molecule has 10 heteroatoms. The number of aromatic nitrogens is 3. The molecule has 1 heterocycles. The summed E-state index contributed by atoms with van der Waals surface area (Å²) < 4.78 is 24.7. The van der Waals surface area contributed by atoms with Crippen LogP contribution in [0.3, 0.4) is 0 Å². The van der Waals surface area contributed by atoms with Crippen LogP contribution in [-0.2, 0) is 21.9 Å². The molecule has 0 radical (unpaired) electrons. The molecule has 0 aliphatic carbocycles.